The van der Waals surface area contributed by atoms with E-state index < -0.39 is 0 Å². The Morgan fingerprint density at radius 1 is 0.946 bits per heavy atom. The van der Waals surface area contributed by atoms with Crippen LogP contribution >= 0.6 is 0 Å². The maximum absolute atomic E-state index is 13.3. The minimum absolute atomic E-state index is 0.00476. The van der Waals surface area contributed by atoms with Crippen molar-refractivity contribution < 1.29 is 9.59 Å². The van der Waals surface area contributed by atoms with Crippen molar-refractivity contribution in [1.82, 2.24) is 14.8 Å². The topological polar surface area (TPSA) is 71.4 Å². The van der Waals surface area contributed by atoms with Gasteiger partial charge in [0.25, 0.3) is 5.91 Å². The van der Waals surface area contributed by atoms with E-state index in [9.17, 15) is 14.4 Å². The lowest BCUT2D eigenvalue weighted by Gasteiger charge is -2.33. The number of likely N-dealkylation sites (tertiary alicyclic amines) is 1. The van der Waals surface area contributed by atoms with Crippen molar-refractivity contribution >= 4 is 22.7 Å². The van der Waals surface area contributed by atoms with Crippen molar-refractivity contribution in [2.45, 2.75) is 50.4 Å². The van der Waals surface area contributed by atoms with E-state index in [4.69, 9.17) is 0 Å². The first-order valence-corrected chi connectivity index (χ1v) is 13.6. The monoisotopic (exact) mass is 497 g/mol. The molecule has 1 aromatic heterocycles. The number of para-hydroxylation sites is 1. The fraction of sp³-hybridized carbons (Fsp3) is 0.452. The number of carbonyl (C=O) groups excluding carboxylic acids is 2. The average Bonchev–Trinajstić information content (AvgIpc) is 3.41. The highest BCUT2D eigenvalue weighted by Gasteiger charge is 2.59. The number of benzene rings is 2. The molecule has 6 rings (SSSR count). The summed E-state index contributed by atoms with van der Waals surface area (Å²) in [6, 6.07) is 18.0. The number of hydrogen-bond donors (Lipinski definition) is 1. The van der Waals surface area contributed by atoms with Gasteiger partial charge in [-0.15, -0.1) is 0 Å². The fourth-order valence-electron chi connectivity index (χ4n) is 6.98. The molecular weight excluding hydrogens is 462 g/mol. The van der Waals surface area contributed by atoms with Gasteiger partial charge < -0.3 is 14.8 Å². The van der Waals surface area contributed by atoms with Gasteiger partial charge in [0.05, 0.1) is 5.52 Å². The second-order valence-electron chi connectivity index (χ2n) is 11.5. The van der Waals surface area contributed by atoms with Crippen LogP contribution in [-0.2, 0) is 17.3 Å². The molecule has 1 spiro atoms. The molecule has 2 aliphatic carbocycles. The summed E-state index contributed by atoms with van der Waals surface area (Å²) < 4.78 is 1.85. The Labute approximate surface area is 217 Å². The van der Waals surface area contributed by atoms with Crippen LogP contribution in [0.5, 0.6) is 0 Å². The van der Waals surface area contributed by atoms with Gasteiger partial charge >= 0.3 is 0 Å². The van der Waals surface area contributed by atoms with Crippen molar-refractivity contribution in [3.8, 4) is 0 Å². The minimum Gasteiger partial charge on any atom is -0.355 e. The molecule has 2 saturated carbocycles. The smallest absolute Gasteiger partial charge is 0.259 e. The van der Waals surface area contributed by atoms with Gasteiger partial charge in [-0.2, -0.15) is 0 Å². The molecule has 3 fully saturated rings. The molecule has 2 heterocycles. The number of nitrogens with one attached hydrogen (secondary N) is 1. The van der Waals surface area contributed by atoms with Crippen LogP contribution in [0, 0.1) is 11.3 Å². The van der Waals surface area contributed by atoms with E-state index in [0.717, 1.165) is 37.6 Å². The Hall–Kier alpha value is -3.41. The van der Waals surface area contributed by atoms with Crippen LogP contribution in [-0.4, -0.2) is 40.9 Å². The number of rotatable bonds is 5. The van der Waals surface area contributed by atoms with Gasteiger partial charge in [-0.25, -0.2) is 0 Å². The first-order valence-electron chi connectivity index (χ1n) is 13.6. The van der Waals surface area contributed by atoms with Crippen molar-refractivity contribution in [2.75, 3.05) is 19.6 Å². The van der Waals surface area contributed by atoms with E-state index >= 15 is 0 Å². The second kappa shape index (κ2) is 9.16. The van der Waals surface area contributed by atoms with Crippen LogP contribution in [0.3, 0.4) is 0 Å². The molecule has 6 nitrogen and oxygen atoms in total. The van der Waals surface area contributed by atoms with Crippen LogP contribution in [0.1, 0.15) is 60.9 Å². The lowest BCUT2D eigenvalue weighted by Crippen LogP contribution is -2.43. The van der Waals surface area contributed by atoms with E-state index in [1.54, 1.807) is 17.2 Å². The molecule has 1 N–H and O–H groups in total. The van der Waals surface area contributed by atoms with E-state index in [0.29, 0.717) is 25.0 Å². The van der Waals surface area contributed by atoms with E-state index in [-0.39, 0.29) is 39.6 Å². The Bertz CT molecular complexity index is 1400. The number of fused-ring (bicyclic) bond motifs is 1. The van der Waals surface area contributed by atoms with Gasteiger partial charge in [0, 0.05) is 49.6 Å². The van der Waals surface area contributed by atoms with Gasteiger partial charge in [0.1, 0.15) is 5.56 Å². The zero-order valence-electron chi connectivity index (χ0n) is 21.5. The molecule has 3 aliphatic rings. The lowest BCUT2D eigenvalue weighted by molar-refractivity contribution is -0.123. The SMILES string of the molecule is Cn1cc(C(=O)N2CCC3(CC2)CC3C(=O)NCC2(c3ccccc3)CCCC2)c(=O)c2ccccc21. The Balaban J connectivity index is 1.09. The number of nitrogens with zero attached hydrogens (tertiary/aromatic N) is 2. The maximum atomic E-state index is 13.3. The summed E-state index contributed by atoms with van der Waals surface area (Å²) in [5.74, 6) is 0.00629. The maximum Gasteiger partial charge on any atom is 0.259 e. The minimum atomic E-state index is -0.207. The molecule has 192 valence electrons. The number of piperidine rings is 1. The summed E-state index contributed by atoms with van der Waals surface area (Å²) >= 11 is 0. The molecule has 1 unspecified atom stereocenters. The van der Waals surface area contributed by atoms with Crippen LogP contribution in [0.25, 0.3) is 10.9 Å². The van der Waals surface area contributed by atoms with Crippen molar-refractivity contribution in [2.24, 2.45) is 18.4 Å². The standard InChI is InChI=1S/C31H35N3O3/c1-33-20-24(27(35)23-11-5-6-12-26(23)33)29(37)34-17-15-30(16-18-34)19-25(30)28(36)32-21-31(13-7-8-14-31)22-9-3-2-4-10-22/h2-6,9-12,20,25H,7-8,13-19,21H2,1H3,(H,32,36). The van der Waals surface area contributed by atoms with Gasteiger partial charge in [-0.3, -0.25) is 14.4 Å². The second-order valence-corrected chi connectivity index (χ2v) is 11.5. The molecule has 2 aromatic carbocycles. The highest BCUT2D eigenvalue weighted by Crippen LogP contribution is 2.59. The number of aromatic nitrogens is 1. The average molecular weight is 498 g/mol. The Kier molecular flexibility index (Phi) is 5.93. The highest BCUT2D eigenvalue weighted by atomic mass is 16.2. The van der Waals surface area contributed by atoms with Crippen molar-refractivity contribution in [3.05, 3.63) is 82.1 Å². The lowest BCUT2D eigenvalue weighted by atomic mass is 9.78. The molecule has 37 heavy (non-hydrogen) atoms. The van der Waals surface area contributed by atoms with Crippen LogP contribution in [0.15, 0.2) is 65.6 Å². The van der Waals surface area contributed by atoms with E-state index in [1.165, 1.54) is 18.4 Å². The third-order valence-corrected chi connectivity index (χ3v) is 9.43. The van der Waals surface area contributed by atoms with E-state index in [2.05, 4.69) is 29.6 Å². The molecule has 0 radical (unpaired) electrons. The molecule has 1 atom stereocenters. The molecule has 6 heteroatoms. The summed E-state index contributed by atoms with van der Waals surface area (Å²) in [5.41, 5.74) is 2.24. The normalized spacial score (nSPS) is 21.8. The zero-order chi connectivity index (χ0) is 25.6. The van der Waals surface area contributed by atoms with Crippen LogP contribution in [0.4, 0.5) is 0 Å². The molecular formula is C31H35N3O3. The third-order valence-electron chi connectivity index (χ3n) is 9.43. The van der Waals surface area contributed by atoms with Crippen LogP contribution < -0.4 is 10.7 Å². The number of amides is 2. The number of pyridine rings is 1. The quantitative estimate of drug-likeness (QED) is 0.568. The van der Waals surface area contributed by atoms with Crippen molar-refractivity contribution in [1.29, 1.82) is 0 Å². The van der Waals surface area contributed by atoms with Gasteiger partial charge in [-0.05, 0) is 55.2 Å². The zero-order valence-corrected chi connectivity index (χ0v) is 21.5. The van der Waals surface area contributed by atoms with Crippen LogP contribution in [0.2, 0.25) is 0 Å². The van der Waals surface area contributed by atoms with E-state index in [1.807, 2.05) is 35.9 Å². The molecule has 1 saturated heterocycles. The van der Waals surface area contributed by atoms with Gasteiger partial charge in [-0.1, -0.05) is 55.3 Å². The molecule has 0 bridgehead atoms. The summed E-state index contributed by atoms with van der Waals surface area (Å²) in [4.78, 5) is 41.4. The fourth-order valence-corrected chi connectivity index (χ4v) is 6.98. The highest BCUT2D eigenvalue weighted by molar-refractivity contribution is 5.97. The largest absolute Gasteiger partial charge is 0.355 e. The van der Waals surface area contributed by atoms with Gasteiger partial charge in [0.2, 0.25) is 11.3 Å². The predicted octanol–water partition coefficient (Wildman–Crippen LogP) is 4.41. The predicted molar refractivity (Wildman–Crippen MR) is 144 cm³/mol. The summed E-state index contributed by atoms with van der Waals surface area (Å²) in [6.07, 6.45) is 8.86. The molecule has 2 amide bonds. The molecule has 3 aromatic rings. The molecule has 1 aliphatic heterocycles. The van der Waals surface area contributed by atoms with Gasteiger partial charge in [0.15, 0.2) is 0 Å². The summed E-state index contributed by atoms with van der Waals surface area (Å²) in [5, 5.41) is 3.89. The first kappa shape index (κ1) is 24.0. The Morgan fingerprint density at radius 2 is 1.62 bits per heavy atom. The third kappa shape index (κ3) is 4.16. The summed E-state index contributed by atoms with van der Waals surface area (Å²) in [6.45, 7) is 1.89. The Morgan fingerprint density at radius 3 is 2.35 bits per heavy atom. The number of aryl methyl sites for hydroxylation is 1. The number of carbonyl (C=O) groups is 2. The number of hydrogen-bond acceptors (Lipinski definition) is 3. The van der Waals surface area contributed by atoms with Crippen molar-refractivity contribution in [3.63, 3.8) is 0 Å². The first-order chi connectivity index (χ1) is 17.9. The summed E-state index contributed by atoms with van der Waals surface area (Å²) in [7, 11) is 1.87.